The SMILES string of the molecule is CC=C(COC(=O)OC(C(=O)OC1C[C@@]2(O)[C@@H](OC(=O)c3ccccc3)[C@H]3[C@](C)(C(=O)[C@H](OC(C)=O)C(=C1C)C2(C)C)[C@@H](O)CC1OC[C@]13OC(C)=O)[C@H](NC(=O)c1ccccc1)c1ccccc1)COC(=O)OC(C(=O)OC1C[C@@]2(O)[C@@H](OC(=O)c3ccccc3)[C@@H]3[C@]4(OC(C)=O)CO[C@@H]4C[C@H](O)[C@@]3(C)C(=O)[C@H](OC(C)=O)C(=C1C)C2(C)C)[C@@H](NC(=O)c1ccccc1)c1ccccc1. The molecule has 2 saturated heterocycles. The number of benzene rings is 6. The number of carbonyl (C=O) groups excluding carboxylic acids is 14. The second-order valence-electron chi connectivity index (χ2n) is 36.9. The van der Waals surface area contributed by atoms with Crippen molar-refractivity contribution in [3.05, 3.63) is 249 Å². The number of ketones is 2. The molecule has 2 aliphatic heterocycles. The zero-order valence-electron chi connectivity index (χ0n) is 76.5. The van der Waals surface area contributed by atoms with Gasteiger partial charge >= 0.3 is 60.1 Å². The number of esters is 8. The van der Waals surface area contributed by atoms with E-state index < -0.39 is 264 Å². The van der Waals surface area contributed by atoms with E-state index in [9.17, 15) is 68.4 Å². The number of Topliss-reactive ketones (excluding diaryl/α,β-unsaturated/α-hetero) is 2. The zero-order chi connectivity index (χ0) is 97.6. The summed E-state index contributed by atoms with van der Waals surface area (Å²) in [5, 5.41) is 59.3. The molecule has 14 rings (SSSR count). The van der Waals surface area contributed by atoms with Crippen molar-refractivity contribution < 1.29 is 154 Å². The molecule has 4 bridgehead atoms. The molecular weight excluding hydrogens is 1750 g/mol. The van der Waals surface area contributed by atoms with Crippen LogP contribution in [0.15, 0.2) is 216 Å². The lowest BCUT2D eigenvalue weighted by Crippen LogP contribution is -2.82. The summed E-state index contributed by atoms with van der Waals surface area (Å²) in [5.41, 5.74) is -17.9. The minimum Gasteiger partial charge on any atom is -0.455 e. The Kier molecular flexibility index (Phi) is 27.8. The highest BCUT2D eigenvalue weighted by Crippen LogP contribution is 2.67. The summed E-state index contributed by atoms with van der Waals surface area (Å²) >= 11 is 0. The van der Waals surface area contributed by atoms with Gasteiger partial charge in [-0.25, -0.2) is 28.8 Å². The predicted molar refractivity (Wildman–Crippen MR) is 470 cm³/mol. The molecule has 0 radical (unpaired) electrons. The maximum atomic E-state index is 16.2. The summed E-state index contributed by atoms with van der Waals surface area (Å²) in [6.45, 7) is 14.4. The number of rotatable bonds is 26. The quantitative estimate of drug-likeness (QED) is 0.0167. The number of carbonyl (C=O) groups is 14. The van der Waals surface area contributed by atoms with E-state index in [1.54, 1.807) is 84.9 Å². The Morgan fingerprint density at radius 2 is 0.748 bits per heavy atom. The van der Waals surface area contributed by atoms with E-state index in [0.717, 1.165) is 27.7 Å². The average molecular weight is 1860 g/mol. The molecule has 6 N–H and O–H groups in total. The molecule has 34 nitrogen and oxygen atoms in total. The van der Waals surface area contributed by atoms with Crippen molar-refractivity contribution in [3.63, 3.8) is 0 Å². The fourth-order valence-electron chi connectivity index (χ4n) is 21.4. The largest absolute Gasteiger partial charge is 0.509 e. The first-order valence-corrected chi connectivity index (χ1v) is 44.3. The van der Waals surface area contributed by atoms with Gasteiger partial charge in [0.15, 0.2) is 35.0 Å². The second-order valence-corrected chi connectivity index (χ2v) is 36.9. The molecule has 6 fully saturated rings. The van der Waals surface area contributed by atoms with Crippen LogP contribution in [0.25, 0.3) is 0 Å². The van der Waals surface area contributed by atoms with Crippen LogP contribution >= 0.6 is 0 Å². The molecule has 0 aromatic heterocycles. The maximum Gasteiger partial charge on any atom is 0.509 e. The fraction of sp³-hybridized carbons (Fsp3) is 0.446. The van der Waals surface area contributed by atoms with Gasteiger partial charge in [0.25, 0.3) is 11.8 Å². The highest BCUT2D eigenvalue weighted by atomic mass is 16.8. The molecule has 34 heteroatoms. The topological polar surface area (TPSA) is 473 Å². The van der Waals surface area contributed by atoms with Crippen molar-refractivity contribution in [3.8, 4) is 0 Å². The maximum absolute atomic E-state index is 16.2. The molecule has 6 aromatic rings. The van der Waals surface area contributed by atoms with Gasteiger partial charge in [0.2, 0.25) is 12.2 Å². The van der Waals surface area contributed by atoms with E-state index >= 15 is 19.2 Å². The summed E-state index contributed by atoms with van der Waals surface area (Å²) in [6.07, 6.45) is -26.7. The number of fused-ring (bicyclic) bond motifs is 10. The highest BCUT2D eigenvalue weighted by molar-refractivity contribution is 5.99. The van der Waals surface area contributed by atoms with Gasteiger partial charge in [-0.3, -0.25) is 38.4 Å². The van der Waals surface area contributed by atoms with Gasteiger partial charge < -0.3 is 97.4 Å². The van der Waals surface area contributed by atoms with Crippen LogP contribution in [0.4, 0.5) is 9.59 Å². The van der Waals surface area contributed by atoms with E-state index in [2.05, 4.69) is 10.6 Å². The Balaban J connectivity index is 0.793. The van der Waals surface area contributed by atoms with Crippen LogP contribution in [0, 0.1) is 33.5 Å². The highest BCUT2D eigenvalue weighted by Gasteiger charge is 2.81. The number of hydrogen-bond acceptors (Lipinski definition) is 32. The van der Waals surface area contributed by atoms with Crippen LogP contribution in [-0.2, 0) is 105 Å². The molecule has 6 aromatic carbocycles. The molecule has 135 heavy (non-hydrogen) atoms. The lowest BCUT2D eigenvalue weighted by Gasteiger charge is -2.67. The summed E-state index contributed by atoms with van der Waals surface area (Å²) in [4.78, 5) is 208. The van der Waals surface area contributed by atoms with Crippen molar-refractivity contribution in [1.29, 1.82) is 0 Å². The summed E-state index contributed by atoms with van der Waals surface area (Å²) in [7, 11) is 0. The molecule has 5 unspecified atom stereocenters. The number of amides is 2. The van der Waals surface area contributed by atoms with E-state index in [0.29, 0.717) is 0 Å². The standard InChI is InChI=1S/C101H108N2O32/c1-14-59(49-122-92(118)130-78(74(60-33-21-15-22-34-60)102-86(112)62-37-25-17-26-38-62)90(116)128-66-47-100(120)84(132-88(114)64-41-29-19-30-42-64)80-96(12,68(108)45-70-98(80,51-124-70)134-57(6)106)82(110)76(126-55(4)104)72(53(66)2)94(100,8)9)50-123-93(119)131-79(75(61-35-23-16-24-36-61)103-87(113)63-39-27-18-28-40-63)91(117)129-67-48-101(121)85(133-89(115)65-43-31-20-32-44-65)81-97(13,69(109)46-71-99(81,52-125-71)135-58(7)107)83(111)77(127-56(5)105)73(54(67)3)95(101,10)11/h14-44,66-71,74-81,84-85,108-109,120-121H,45-52H2,1-13H3,(H,102,112)(H,103,113)/t66?,67?,68-,69-,70+,71?,74-,75+,76+,77+,78?,79?,80-,81-,84-,85-,96+,97+,98-,99-,100+,101+/m0/s1. The molecule has 22 atom stereocenters. The van der Waals surface area contributed by atoms with Crippen LogP contribution in [0.5, 0.6) is 0 Å². The summed E-state index contributed by atoms with van der Waals surface area (Å²) < 4.78 is 86.2. The predicted octanol–water partition coefficient (Wildman–Crippen LogP) is 9.75. The minimum atomic E-state index is -2.67. The van der Waals surface area contributed by atoms with Crippen LogP contribution < -0.4 is 10.6 Å². The molecule has 0 spiro atoms. The van der Waals surface area contributed by atoms with E-state index in [1.165, 1.54) is 165 Å². The van der Waals surface area contributed by atoms with E-state index in [1.807, 2.05) is 0 Å². The Morgan fingerprint density at radius 3 is 1.04 bits per heavy atom. The summed E-state index contributed by atoms with van der Waals surface area (Å²) in [5.74, 6) is -16.1. The van der Waals surface area contributed by atoms with Gasteiger partial charge in [-0.15, -0.1) is 0 Å². The first-order valence-electron chi connectivity index (χ1n) is 44.3. The number of allylic oxidation sites excluding steroid dienone is 1. The van der Waals surface area contributed by atoms with E-state index in [4.69, 9.17) is 66.3 Å². The van der Waals surface area contributed by atoms with Gasteiger partial charge in [-0.1, -0.05) is 167 Å². The summed E-state index contributed by atoms with van der Waals surface area (Å²) in [6, 6.07) is 42.2. The molecule has 4 saturated carbocycles. The number of aliphatic hydroxyl groups is 4. The normalized spacial score (nSPS) is 30.3. The first kappa shape index (κ1) is 97.9. The average Bonchev–Trinajstić information content (AvgIpc) is 0.670. The number of nitrogens with one attached hydrogen (secondary N) is 2. The van der Waals surface area contributed by atoms with Crippen molar-refractivity contribution >= 4 is 83.4 Å². The third-order valence-corrected chi connectivity index (χ3v) is 28.5. The first-order chi connectivity index (χ1) is 63.9. The van der Waals surface area contributed by atoms with Crippen molar-refractivity contribution in [2.45, 2.75) is 223 Å². The Bertz CT molecular complexity index is 5370. The Hall–Kier alpha value is -13.1. The smallest absolute Gasteiger partial charge is 0.455 e. The fourth-order valence-corrected chi connectivity index (χ4v) is 21.4. The van der Waals surface area contributed by atoms with Gasteiger partial charge in [0, 0.05) is 80.9 Å². The third-order valence-electron chi connectivity index (χ3n) is 28.5. The Morgan fingerprint density at radius 1 is 0.437 bits per heavy atom. The monoisotopic (exact) mass is 1860 g/mol. The lowest BCUT2D eigenvalue weighted by molar-refractivity contribution is -0.346. The van der Waals surface area contributed by atoms with Gasteiger partial charge in [0.05, 0.1) is 59.2 Å². The van der Waals surface area contributed by atoms with Crippen molar-refractivity contribution in [2.75, 3.05) is 26.4 Å². The molecular formula is C101H108N2O32. The van der Waals surface area contributed by atoms with Crippen LogP contribution in [0.1, 0.15) is 180 Å². The molecule has 6 aliphatic carbocycles. The van der Waals surface area contributed by atoms with Gasteiger partial charge in [-0.05, 0) is 117 Å². The van der Waals surface area contributed by atoms with Crippen molar-refractivity contribution in [1.82, 2.24) is 10.6 Å². The Labute approximate surface area is 776 Å². The third kappa shape index (κ3) is 17.9. The molecule has 2 heterocycles. The van der Waals surface area contributed by atoms with Gasteiger partial charge in [0.1, 0.15) is 73.1 Å². The van der Waals surface area contributed by atoms with Crippen LogP contribution in [-0.4, -0.2) is 226 Å². The van der Waals surface area contributed by atoms with Crippen molar-refractivity contribution in [2.24, 2.45) is 33.5 Å². The zero-order valence-corrected chi connectivity index (χ0v) is 76.5. The van der Waals surface area contributed by atoms with Crippen LogP contribution in [0.3, 0.4) is 0 Å². The van der Waals surface area contributed by atoms with E-state index in [-0.39, 0.29) is 74.1 Å². The second kappa shape index (κ2) is 38.3. The lowest BCUT2D eigenvalue weighted by atomic mass is 9.44. The van der Waals surface area contributed by atoms with Gasteiger partial charge in [-0.2, -0.15) is 0 Å². The number of ether oxygens (including phenoxy) is 14. The number of hydrogen-bond donors (Lipinski definition) is 6. The molecule has 714 valence electrons. The number of aliphatic hydroxyl groups excluding tert-OH is 2. The van der Waals surface area contributed by atoms with Crippen LogP contribution in [0.2, 0.25) is 0 Å². The molecule has 8 aliphatic rings. The minimum absolute atomic E-state index is 0.0353. The molecule has 2 amide bonds.